The van der Waals surface area contributed by atoms with Crippen molar-refractivity contribution >= 4 is 33.9 Å². The molecule has 25 heavy (non-hydrogen) atoms. The van der Waals surface area contributed by atoms with E-state index in [1.54, 1.807) is 19.1 Å². The number of nitrogens with one attached hydrogen (secondary N) is 2. The summed E-state index contributed by atoms with van der Waals surface area (Å²) >= 11 is 0. The van der Waals surface area contributed by atoms with Gasteiger partial charge in [-0.2, -0.15) is 0 Å². The van der Waals surface area contributed by atoms with Crippen molar-refractivity contribution in [2.24, 2.45) is 0 Å². The summed E-state index contributed by atoms with van der Waals surface area (Å²) < 4.78 is 0. The van der Waals surface area contributed by atoms with Crippen molar-refractivity contribution in [3.05, 3.63) is 75.8 Å². The average molecular weight is 335 g/mol. The van der Waals surface area contributed by atoms with Gasteiger partial charge in [0.1, 0.15) is 5.69 Å². The lowest BCUT2D eigenvalue weighted by Gasteiger charge is -2.13. The molecule has 0 aromatic heterocycles. The second-order valence-electron chi connectivity index (χ2n) is 5.76. The highest BCUT2D eigenvalue weighted by molar-refractivity contribution is 6.07. The van der Waals surface area contributed by atoms with E-state index in [1.807, 2.05) is 43.3 Å². The molecule has 0 bridgehead atoms. The van der Waals surface area contributed by atoms with Crippen LogP contribution in [0.25, 0.3) is 10.8 Å². The van der Waals surface area contributed by atoms with Crippen LogP contribution in [0.5, 0.6) is 0 Å². The lowest BCUT2D eigenvalue weighted by Crippen LogP contribution is -2.21. The fourth-order valence-electron chi connectivity index (χ4n) is 2.71. The summed E-state index contributed by atoms with van der Waals surface area (Å²) in [4.78, 5) is 23.2. The van der Waals surface area contributed by atoms with E-state index >= 15 is 0 Å². The molecule has 0 fully saturated rings. The zero-order valence-corrected chi connectivity index (χ0v) is 13.9. The molecule has 0 heterocycles. The zero-order chi connectivity index (χ0) is 18.0. The Morgan fingerprint density at radius 2 is 1.68 bits per heavy atom. The van der Waals surface area contributed by atoms with Crippen LogP contribution in [0.2, 0.25) is 0 Å². The van der Waals surface area contributed by atoms with Crippen LogP contribution in [0.3, 0.4) is 0 Å². The van der Waals surface area contributed by atoms with Crippen LogP contribution in [0.1, 0.15) is 11.1 Å². The van der Waals surface area contributed by atoms with Crippen molar-refractivity contribution in [3.63, 3.8) is 0 Å². The van der Waals surface area contributed by atoms with Crippen LogP contribution < -0.4 is 10.6 Å². The van der Waals surface area contributed by atoms with Gasteiger partial charge in [-0.25, -0.2) is 4.79 Å². The van der Waals surface area contributed by atoms with E-state index in [1.165, 1.54) is 6.07 Å². The molecule has 0 saturated heterocycles. The highest BCUT2D eigenvalue weighted by Crippen LogP contribution is 2.30. The van der Waals surface area contributed by atoms with Gasteiger partial charge in [-0.3, -0.25) is 10.1 Å². The third-order valence-corrected chi connectivity index (χ3v) is 4.19. The number of amides is 2. The quantitative estimate of drug-likeness (QED) is 0.521. The number of urea groups is 1. The Kier molecular flexibility index (Phi) is 4.35. The molecule has 0 aliphatic heterocycles. The van der Waals surface area contributed by atoms with Gasteiger partial charge < -0.3 is 10.6 Å². The Hall–Kier alpha value is -3.41. The lowest BCUT2D eigenvalue weighted by molar-refractivity contribution is -0.384. The molecule has 0 radical (unpaired) electrons. The summed E-state index contributed by atoms with van der Waals surface area (Å²) in [6.45, 7) is 3.59. The van der Waals surface area contributed by atoms with Gasteiger partial charge in [0, 0.05) is 11.5 Å². The molecule has 6 nitrogen and oxygen atoms in total. The van der Waals surface area contributed by atoms with Crippen molar-refractivity contribution in [1.29, 1.82) is 0 Å². The van der Waals surface area contributed by atoms with E-state index in [0.717, 1.165) is 16.3 Å². The van der Waals surface area contributed by atoms with Gasteiger partial charge in [0.05, 0.1) is 10.6 Å². The minimum atomic E-state index is -0.520. The van der Waals surface area contributed by atoms with Gasteiger partial charge >= 0.3 is 6.03 Å². The van der Waals surface area contributed by atoms with E-state index in [9.17, 15) is 14.9 Å². The smallest absolute Gasteiger partial charge is 0.307 e. The first-order valence-electron chi connectivity index (χ1n) is 7.77. The Morgan fingerprint density at radius 3 is 2.44 bits per heavy atom. The van der Waals surface area contributed by atoms with Crippen molar-refractivity contribution in [1.82, 2.24) is 0 Å². The molecular weight excluding hydrogens is 318 g/mol. The van der Waals surface area contributed by atoms with Gasteiger partial charge in [-0.1, -0.05) is 42.5 Å². The Morgan fingerprint density at radius 1 is 0.960 bits per heavy atom. The summed E-state index contributed by atoms with van der Waals surface area (Å²) in [7, 11) is 0. The number of fused-ring (bicyclic) bond motifs is 1. The van der Waals surface area contributed by atoms with Gasteiger partial charge in [-0.15, -0.1) is 0 Å². The molecule has 3 rings (SSSR count). The molecule has 126 valence electrons. The number of nitro benzene ring substituents is 1. The van der Waals surface area contributed by atoms with Crippen LogP contribution in [-0.2, 0) is 0 Å². The normalized spacial score (nSPS) is 10.5. The van der Waals surface area contributed by atoms with E-state index in [2.05, 4.69) is 10.6 Å². The minimum absolute atomic E-state index is 0.129. The molecule has 2 N–H and O–H groups in total. The number of aryl methyl sites for hydroxylation is 1. The fourth-order valence-corrected chi connectivity index (χ4v) is 2.71. The number of carbonyl (C=O) groups excluding carboxylic acids is 1. The summed E-state index contributed by atoms with van der Waals surface area (Å²) in [5, 5.41) is 18.5. The molecule has 0 saturated carbocycles. The monoisotopic (exact) mass is 335 g/mol. The van der Waals surface area contributed by atoms with Gasteiger partial charge in [-0.05, 0) is 36.4 Å². The standard InChI is InChI=1S/C19H17N3O3/c1-12-10-11-17(22(24)25)18(13(12)2)21-19(23)20-16-9-5-7-14-6-3-4-8-15(14)16/h3-11H,1-2H3,(H2,20,21,23). The van der Waals surface area contributed by atoms with Crippen LogP contribution >= 0.6 is 0 Å². The topological polar surface area (TPSA) is 84.3 Å². The number of benzene rings is 3. The van der Waals surface area contributed by atoms with Crippen LogP contribution in [0, 0.1) is 24.0 Å². The highest BCUT2D eigenvalue weighted by Gasteiger charge is 2.19. The van der Waals surface area contributed by atoms with E-state index in [0.29, 0.717) is 11.3 Å². The third kappa shape index (κ3) is 3.28. The zero-order valence-electron chi connectivity index (χ0n) is 13.9. The number of anilines is 2. The molecular formula is C19H17N3O3. The minimum Gasteiger partial charge on any atom is -0.307 e. The average Bonchev–Trinajstić information content (AvgIpc) is 2.59. The Bertz CT molecular complexity index is 978. The summed E-state index contributed by atoms with van der Waals surface area (Å²) in [5.74, 6) is 0. The first-order chi connectivity index (χ1) is 12.0. The van der Waals surface area contributed by atoms with Crippen molar-refractivity contribution < 1.29 is 9.72 Å². The van der Waals surface area contributed by atoms with Crippen molar-refractivity contribution in [2.75, 3.05) is 10.6 Å². The summed E-state index contributed by atoms with van der Waals surface area (Å²) in [6.07, 6.45) is 0. The molecule has 0 unspecified atom stereocenters. The van der Waals surface area contributed by atoms with Gasteiger partial charge in [0.25, 0.3) is 5.69 Å². The number of nitrogens with zero attached hydrogens (tertiary/aromatic N) is 1. The van der Waals surface area contributed by atoms with Crippen molar-refractivity contribution in [2.45, 2.75) is 13.8 Å². The maximum atomic E-state index is 12.4. The van der Waals surface area contributed by atoms with E-state index < -0.39 is 11.0 Å². The molecule has 0 spiro atoms. The number of rotatable bonds is 3. The van der Waals surface area contributed by atoms with Crippen LogP contribution in [-0.4, -0.2) is 11.0 Å². The van der Waals surface area contributed by atoms with Crippen molar-refractivity contribution in [3.8, 4) is 0 Å². The number of carbonyl (C=O) groups is 1. The first-order valence-corrected chi connectivity index (χ1v) is 7.77. The molecule has 0 aliphatic rings. The second kappa shape index (κ2) is 6.60. The van der Waals surface area contributed by atoms with Gasteiger partial charge in [0.2, 0.25) is 0 Å². The first kappa shape index (κ1) is 16.4. The molecule has 3 aromatic carbocycles. The molecule has 3 aromatic rings. The highest BCUT2D eigenvalue weighted by atomic mass is 16.6. The predicted octanol–water partition coefficient (Wildman–Crippen LogP) is 5.01. The van der Waals surface area contributed by atoms with Gasteiger partial charge in [0.15, 0.2) is 0 Å². The van der Waals surface area contributed by atoms with E-state index in [-0.39, 0.29) is 11.4 Å². The number of hydrogen-bond acceptors (Lipinski definition) is 3. The maximum absolute atomic E-state index is 12.4. The summed E-state index contributed by atoms with van der Waals surface area (Å²) in [6, 6.07) is 15.8. The molecule has 6 heteroatoms. The number of hydrogen-bond donors (Lipinski definition) is 2. The van der Waals surface area contributed by atoms with Crippen LogP contribution in [0.15, 0.2) is 54.6 Å². The third-order valence-electron chi connectivity index (χ3n) is 4.19. The second-order valence-corrected chi connectivity index (χ2v) is 5.76. The number of nitro groups is 1. The maximum Gasteiger partial charge on any atom is 0.323 e. The lowest BCUT2D eigenvalue weighted by atomic mass is 10.1. The van der Waals surface area contributed by atoms with E-state index in [4.69, 9.17) is 0 Å². The van der Waals surface area contributed by atoms with Crippen LogP contribution in [0.4, 0.5) is 21.9 Å². The Labute approximate surface area is 144 Å². The largest absolute Gasteiger partial charge is 0.323 e. The Balaban J connectivity index is 1.91. The molecule has 0 aliphatic carbocycles. The predicted molar refractivity (Wildman–Crippen MR) is 99.2 cm³/mol. The molecule has 0 atom stereocenters. The SMILES string of the molecule is Cc1ccc([N+](=O)[O-])c(NC(=O)Nc2cccc3ccccc23)c1C. The summed E-state index contributed by atoms with van der Waals surface area (Å²) in [5.41, 5.74) is 2.26. The fraction of sp³-hybridized carbons (Fsp3) is 0.105. The molecule has 2 amide bonds.